The van der Waals surface area contributed by atoms with Gasteiger partial charge in [-0.15, -0.1) is 0 Å². The lowest BCUT2D eigenvalue weighted by atomic mass is 10.2. The normalized spacial score (nSPS) is 11.2. The highest BCUT2D eigenvalue weighted by Gasteiger charge is 2.19. The zero-order valence-corrected chi connectivity index (χ0v) is 21.5. The molecule has 174 valence electrons. The lowest BCUT2D eigenvalue weighted by Crippen LogP contribution is -2.38. The Labute approximate surface area is 210 Å². The molecule has 0 aliphatic heterocycles. The molecule has 0 bridgehead atoms. The number of hydrogen-bond acceptors (Lipinski definition) is 4. The topological polar surface area (TPSA) is 75.9 Å². The molecule has 0 saturated heterocycles. The van der Waals surface area contributed by atoms with E-state index >= 15 is 0 Å². The SMILES string of the molecule is CC=CCC(=O)NCC(=O)N(C)c1ccc(Cl)c(COc2cccn3c(Br)c(C)nc23)c1Cl. The second-order valence-electron chi connectivity index (χ2n) is 7.20. The van der Waals surface area contributed by atoms with Gasteiger partial charge in [-0.3, -0.25) is 14.0 Å². The van der Waals surface area contributed by atoms with Crippen molar-refractivity contribution in [2.45, 2.75) is 26.9 Å². The van der Waals surface area contributed by atoms with E-state index in [1.54, 1.807) is 31.3 Å². The Bertz CT molecular complexity index is 1230. The summed E-state index contributed by atoms with van der Waals surface area (Å²) in [5.41, 5.74) is 2.50. The summed E-state index contributed by atoms with van der Waals surface area (Å²) in [6, 6.07) is 6.98. The number of ether oxygens (including phenoxy) is 1. The van der Waals surface area contributed by atoms with Crippen molar-refractivity contribution in [1.82, 2.24) is 14.7 Å². The number of nitrogens with zero attached hydrogens (tertiary/aromatic N) is 3. The maximum absolute atomic E-state index is 12.6. The molecule has 0 fully saturated rings. The third kappa shape index (κ3) is 5.69. The van der Waals surface area contributed by atoms with Gasteiger partial charge in [-0.2, -0.15) is 0 Å². The average molecular weight is 554 g/mol. The zero-order valence-electron chi connectivity index (χ0n) is 18.4. The molecular formula is C23H23BrCl2N4O3. The molecule has 0 saturated carbocycles. The van der Waals surface area contributed by atoms with E-state index < -0.39 is 0 Å². The lowest BCUT2D eigenvalue weighted by molar-refractivity contribution is -0.124. The second kappa shape index (κ2) is 11.0. The number of aromatic nitrogens is 2. The van der Waals surface area contributed by atoms with Crippen LogP contribution in [0.4, 0.5) is 5.69 Å². The number of imidazole rings is 1. The quantitative estimate of drug-likeness (QED) is 0.382. The minimum atomic E-state index is -0.317. The molecule has 3 aromatic rings. The van der Waals surface area contributed by atoms with Crippen molar-refractivity contribution < 1.29 is 14.3 Å². The number of halogens is 3. The number of allylic oxidation sites excluding steroid dienone is 1. The standard InChI is InChI=1S/C23H23BrCl2N4O3/c1-4-5-8-19(31)27-12-20(32)29(3)17-10-9-16(25)15(21(17)26)13-33-18-7-6-11-30-22(24)14(2)28-23(18)30/h4-7,9-11H,8,12-13H2,1-3H3,(H,27,31). The third-order valence-electron chi connectivity index (χ3n) is 4.96. The highest BCUT2D eigenvalue weighted by atomic mass is 79.9. The maximum atomic E-state index is 12.6. The van der Waals surface area contributed by atoms with Gasteiger partial charge in [0.2, 0.25) is 11.8 Å². The van der Waals surface area contributed by atoms with E-state index in [1.165, 1.54) is 4.90 Å². The van der Waals surface area contributed by atoms with Gasteiger partial charge in [-0.25, -0.2) is 4.98 Å². The first-order chi connectivity index (χ1) is 15.7. The highest BCUT2D eigenvalue weighted by molar-refractivity contribution is 9.10. The molecule has 33 heavy (non-hydrogen) atoms. The largest absolute Gasteiger partial charge is 0.485 e. The van der Waals surface area contributed by atoms with Gasteiger partial charge in [0.05, 0.1) is 22.9 Å². The van der Waals surface area contributed by atoms with Crippen molar-refractivity contribution in [3.8, 4) is 5.75 Å². The predicted molar refractivity (Wildman–Crippen MR) is 134 cm³/mol. The molecular weight excluding hydrogens is 531 g/mol. The second-order valence-corrected chi connectivity index (χ2v) is 8.74. The van der Waals surface area contributed by atoms with E-state index in [9.17, 15) is 9.59 Å². The first-order valence-corrected chi connectivity index (χ1v) is 11.7. The summed E-state index contributed by atoms with van der Waals surface area (Å²) in [6.07, 6.45) is 5.59. The summed E-state index contributed by atoms with van der Waals surface area (Å²) < 4.78 is 8.73. The van der Waals surface area contributed by atoms with Crippen LogP contribution in [0.5, 0.6) is 5.75 Å². The number of hydrogen-bond donors (Lipinski definition) is 1. The van der Waals surface area contributed by atoms with Gasteiger partial charge in [-0.1, -0.05) is 35.4 Å². The van der Waals surface area contributed by atoms with Crippen molar-refractivity contribution in [3.05, 3.63) is 68.5 Å². The fourth-order valence-corrected chi connectivity index (χ4v) is 4.07. The van der Waals surface area contributed by atoms with Crippen LogP contribution < -0.4 is 15.0 Å². The van der Waals surface area contributed by atoms with Crippen LogP contribution >= 0.6 is 39.1 Å². The number of likely N-dealkylation sites (N-methyl/N-ethyl adjacent to an activating group) is 1. The number of fused-ring (bicyclic) bond motifs is 1. The summed E-state index contributed by atoms with van der Waals surface area (Å²) in [4.78, 5) is 30.3. The molecule has 2 aromatic heterocycles. The monoisotopic (exact) mass is 552 g/mol. The Kier molecular flexibility index (Phi) is 8.40. The molecule has 1 N–H and O–H groups in total. The van der Waals surface area contributed by atoms with E-state index in [-0.39, 0.29) is 31.4 Å². The summed E-state index contributed by atoms with van der Waals surface area (Å²) in [5, 5.41) is 3.31. The summed E-state index contributed by atoms with van der Waals surface area (Å²) in [7, 11) is 1.59. The molecule has 1 aromatic carbocycles. The summed E-state index contributed by atoms with van der Waals surface area (Å²) in [5.74, 6) is 0.0145. The van der Waals surface area contributed by atoms with Gasteiger partial charge in [0.15, 0.2) is 11.4 Å². The molecule has 0 aliphatic carbocycles. The molecule has 0 aliphatic rings. The van der Waals surface area contributed by atoms with Gasteiger partial charge in [-0.05, 0) is 54.0 Å². The number of rotatable bonds is 8. The van der Waals surface area contributed by atoms with Crippen LogP contribution in [-0.4, -0.2) is 34.8 Å². The van der Waals surface area contributed by atoms with Crippen LogP contribution in [0.3, 0.4) is 0 Å². The maximum Gasteiger partial charge on any atom is 0.246 e. The number of amides is 2. The van der Waals surface area contributed by atoms with Crippen LogP contribution in [0.25, 0.3) is 5.65 Å². The Balaban J connectivity index is 1.77. The number of anilines is 1. The van der Waals surface area contributed by atoms with Gasteiger partial charge in [0.1, 0.15) is 11.2 Å². The minimum absolute atomic E-state index is 0.0802. The van der Waals surface area contributed by atoms with Crippen molar-refractivity contribution >= 4 is 62.3 Å². The zero-order chi connectivity index (χ0) is 24.1. The third-order valence-corrected chi connectivity index (χ3v) is 6.70. The van der Waals surface area contributed by atoms with Crippen molar-refractivity contribution in [3.63, 3.8) is 0 Å². The Morgan fingerprint density at radius 3 is 2.79 bits per heavy atom. The molecule has 2 heterocycles. The van der Waals surface area contributed by atoms with Crippen molar-refractivity contribution in [2.75, 3.05) is 18.5 Å². The summed E-state index contributed by atoms with van der Waals surface area (Å²) >= 11 is 16.5. The van der Waals surface area contributed by atoms with Crippen LogP contribution in [-0.2, 0) is 16.2 Å². The number of benzene rings is 1. The molecule has 7 nitrogen and oxygen atoms in total. The number of carbonyl (C=O) groups is 2. The van der Waals surface area contributed by atoms with Gasteiger partial charge in [0.25, 0.3) is 0 Å². The Morgan fingerprint density at radius 2 is 2.06 bits per heavy atom. The van der Waals surface area contributed by atoms with E-state index in [0.29, 0.717) is 32.7 Å². The minimum Gasteiger partial charge on any atom is -0.485 e. The highest BCUT2D eigenvalue weighted by Crippen LogP contribution is 2.35. The molecule has 0 unspecified atom stereocenters. The number of nitrogens with one attached hydrogen (secondary N) is 1. The van der Waals surface area contributed by atoms with Crippen LogP contribution in [0.1, 0.15) is 24.6 Å². The number of carbonyl (C=O) groups excluding carboxylic acids is 2. The molecule has 0 spiro atoms. The molecule has 0 radical (unpaired) electrons. The van der Waals surface area contributed by atoms with Gasteiger partial charge in [0, 0.05) is 30.3 Å². The van der Waals surface area contributed by atoms with Crippen LogP contribution in [0, 0.1) is 6.92 Å². The first kappa shape index (κ1) is 25.1. The first-order valence-electron chi connectivity index (χ1n) is 10.1. The number of pyridine rings is 1. The summed E-state index contributed by atoms with van der Waals surface area (Å²) in [6.45, 7) is 3.66. The molecule has 3 rings (SSSR count). The van der Waals surface area contributed by atoms with Crippen molar-refractivity contribution in [2.24, 2.45) is 0 Å². The Morgan fingerprint density at radius 1 is 1.30 bits per heavy atom. The average Bonchev–Trinajstić information content (AvgIpc) is 3.09. The smallest absolute Gasteiger partial charge is 0.246 e. The van der Waals surface area contributed by atoms with Crippen LogP contribution in [0.2, 0.25) is 10.0 Å². The van der Waals surface area contributed by atoms with Gasteiger partial charge >= 0.3 is 0 Å². The van der Waals surface area contributed by atoms with E-state index in [0.717, 1.165) is 10.3 Å². The van der Waals surface area contributed by atoms with Crippen molar-refractivity contribution in [1.29, 1.82) is 0 Å². The lowest BCUT2D eigenvalue weighted by Gasteiger charge is -2.21. The fourth-order valence-electron chi connectivity index (χ4n) is 3.09. The predicted octanol–water partition coefficient (Wildman–Crippen LogP) is 5.34. The van der Waals surface area contributed by atoms with E-state index in [2.05, 4.69) is 26.2 Å². The fraction of sp³-hybridized carbons (Fsp3) is 0.261. The Hall–Kier alpha value is -2.55. The van der Waals surface area contributed by atoms with E-state index in [1.807, 2.05) is 36.6 Å². The molecule has 10 heteroatoms. The molecule has 2 amide bonds. The number of aryl methyl sites for hydroxylation is 1. The molecule has 0 atom stereocenters. The van der Waals surface area contributed by atoms with E-state index in [4.69, 9.17) is 27.9 Å². The van der Waals surface area contributed by atoms with Crippen LogP contribution in [0.15, 0.2) is 47.2 Å². The van der Waals surface area contributed by atoms with Gasteiger partial charge < -0.3 is 15.0 Å².